The molecule has 0 unspecified atom stereocenters. The molecule has 2 amide bonds. The van der Waals surface area contributed by atoms with Gasteiger partial charge in [-0.25, -0.2) is 0 Å². The molecule has 12 rings (SSSR count). The Morgan fingerprint density at radius 2 is 0.833 bits per heavy atom. The molecule has 0 saturated carbocycles. The maximum atomic E-state index is 13.8. The number of allylic oxidation sites excluding steroid dienone is 2. The van der Waals surface area contributed by atoms with Crippen molar-refractivity contribution in [3.05, 3.63) is 197 Å². The van der Waals surface area contributed by atoms with Crippen LogP contribution in [0.2, 0.25) is 0 Å². The predicted molar refractivity (Wildman–Crippen MR) is 311 cm³/mol. The zero-order valence-electron chi connectivity index (χ0n) is 43.4. The lowest BCUT2D eigenvalue weighted by molar-refractivity contribution is 0.0139. The number of nitrogens with one attached hydrogen (secondary N) is 2. The summed E-state index contributed by atoms with van der Waals surface area (Å²) in [5.74, 6) is 0.246. The lowest BCUT2D eigenvalue weighted by Gasteiger charge is -2.20. The molecule has 0 aromatic heterocycles. The van der Waals surface area contributed by atoms with E-state index in [4.69, 9.17) is 23.5 Å². The average molecular weight is 1040 g/mol. The SMILES string of the molecule is C=C1Cc2c(O)c(cc3ccccc23)C(=O)NCCCOCCOCCOCCCNC(=O)c2cc3ccccc3c(c2O)CC(=C)Cc2c3c(c(c4ccccc24)C1)OB(c1ccc2ccc4cccc5ccc1c2c45)O3. The van der Waals surface area contributed by atoms with Gasteiger partial charge in [0.15, 0.2) is 0 Å². The van der Waals surface area contributed by atoms with Gasteiger partial charge in [0.2, 0.25) is 0 Å². The summed E-state index contributed by atoms with van der Waals surface area (Å²) in [6.07, 6.45) is 2.39. The molecule has 4 N–H and O–H groups in total. The molecular formula is C66H59BN2O9. The second kappa shape index (κ2) is 21.9. The highest BCUT2D eigenvalue weighted by Crippen LogP contribution is 2.49. The zero-order chi connectivity index (χ0) is 53.3. The van der Waals surface area contributed by atoms with E-state index >= 15 is 0 Å². The van der Waals surface area contributed by atoms with E-state index < -0.39 is 7.12 Å². The van der Waals surface area contributed by atoms with Crippen LogP contribution in [0.5, 0.6) is 23.0 Å². The Hall–Kier alpha value is -8.42. The van der Waals surface area contributed by atoms with Crippen molar-refractivity contribution in [2.45, 2.75) is 38.5 Å². The maximum Gasteiger partial charge on any atom is 0.633 e. The summed E-state index contributed by atoms with van der Waals surface area (Å²) in [6.45, 7) is 12.4. The Morgan fingerprint density at radius 1 is 0.423 bits per heavy atom. The van der Waals surface area contributed by atoms with E-state index in [0.29, 0.717) is 101 Å². The van der Waals surface area contributed by atoms with E-state index in [1.165, 1.54) is 5.39 Å². The fraction of sp³-hybridized carbons (Fsp3) is 0.212. The number of fused-ring (bicyclic) bond motifs is 11. The van der Waals surface area contributed by atoms with Crippen molar-refractivity contribution in [1.82, 2.24) is 10.6 Å². The quantitative estimate of drug-likeness (QED) is 0.0717. The van der Waals surface area contributed by atoms with Crippen molar-refractivity contribution < 1.29 is 43.3 Å². The Bertz CT molecular complexity index is 3810. The van der Waals surface area contributed by atoms with Crippen LogP contribution >= 0.6 is 0 Å². The van der Waals surface area contributed by atoms with Gasteiger partial charge in [0.1, 0.15) is 23.0 Å². The van der Waals surface area contributed by atoms with Crippen LogP contribution in [0, 0.1) is 0 Å². The largest absolute Gasteiger partial charge is 0.633 e. The Balaban J connectivity index is 0.947. The molecule has 0 fully saturated rings. The molecule has 2 heterocycles. The Kier molecular flexibility index (Phi) is 14.2. The van der Waals surface area contributed by atoms with E-state index in [2.05, 4.69) is 90.5 Å². The molecule has 6 bridgehead atoms. The van der Waals surface area contributed by atoms with Crippen LogP contribution in [-0.4, -0.2) is 81.9 Å². The molecule has 0 spiro atoms. The third-order valence-electron chi connectivity index (χ3n) is 15.3. The lowest BCUT2D eigenvalue weighted by atomic mass is 9.75. The van der Waals surface area contributed by atoms with Gasteiger partial charge in [0, 0.05) is 54.0 Å². The number of benzene rings is 10. The first-order valence-electron chi connectivity index (χ1n) is 26.9. The van der Waals surface area contributed by atoms with Crippen LogP contribution in [0.3, 0.4) is 0 Å². The van der Waals surface area contributed by atoms with Gasteiger partial charge in [0.25, 0.3) is 11.8 Å². The van der Waals surface area contributed by atoms with E-state index in [1.54, 1.807) is 12.1 Å². The third kappa shape index (κ3) is 9.72. The Labute approximate surface area is 452 Å². The summed E-state index contributed by atoms with van der Waals surface area (Å²) < 4.78 is 31.6. The number of carbonyl (C=O) groups is 2. The first kappa shape index (κ1) is 50.4. The predicted octanol–water partition coefficient (Wildman–Crippen LogP) is 11.6. The first-order chi connectivity index (χ1) is 38.2. The maximum absolute atomic E-state index is 13.8. The second-order valence-electron chi connectivity index (χ2n) is 20.4. The minimum absolute atomic E-state index is 0.0890. The first-order valence-corrected chi connectivity index (χ1v) is 26.9. The zero-order valence-corrected chi connectivity index (χ0v) is 43.4. The number of carbonyl (C=O) groups excluding carboxylic acids is 2. The fourth-order valence-corrected chi connectivity index (χ4v) is 11.6. The molecule has 0 aliphatic carbocycles. The number of phenols is 2. The minimum atomic E-state index is -0.823. The number of ether oxygens (including phenoxy) is 3. The van der Waals surface area contributed by atoms with Crippen molar-refractivity contribution in [2.75, 3.05) is 52.7 Å². The van der Waals surface area contributed by atoms with Crippen LogP contribution in [0.1, 0.15) is 55.8 Å². The molecule has 0 saturated heterocycles. The molecule has 0 radical (unpaired) electrons. The topological polar surface area (TPSA) is 145 Å². The number of rotatable bonds is 1. The van der Waals surface area contributed by atoms with Crippen LogP contribution < -0.4 is 25.4 Å². The van der Waals surface area contributed by atoms with Crippen molar-refractivity contribution in [3.63, 3.8) is 0 Å². The Morgan fingerprint density at radius 3 is 1.35 bits per heavy atom. The van der Waals surface area contributed by atoms with E-state index in [-0.39, 0.29) is 47.3 Å². The highest BCUT2D eigenvalue weighted by atomic mass is 16.6. The molecule has 10 aromatic rings. The normalized spacial score (nSPS) is 16.2. The van der Waals surface area contributed by atoms with Gasteiger partial charge in [-0.05, 0) is 115 Å². The number of amides is 2. The molecule has 2 aliphatic heterocycles. The molecule has 10 aromatic carbocycles. The number of hydrogen-bond donors (Lipinski definition) is 4. The summed E-state index contributed by atoms with van der Waals surface area (Å²) in [6, 6.07) is 46.5. The van der Waals surface area contributed by atoms with Gasteiger partial charge in [-0.2, -0.15) is 0 Å². The van der Waals surface area contributed by atoms with Gasteiger partial charge < -0.3 is 44.4 Å². The molecule has 78 heavy (non-hydrogen) atoms. The number of aromatic hydroxyl groups is 2. The van der Waals surface area contributed by atoms with Crippen molar-refractivity contribution >= 4 is 89.0 Å². The smallest absolute Gasteiger partial charge is 0.519 e. The molecule has 390 valence electrons. The van der Waals surface area contributed by atoms with E-state index in [0.717, 1.165) is 87.0 Å². The van der Waals surface area contributed by atoms with Gasteiger partial charge in [0.05, 0.1) is 37.6 Å². The summed E-state index contributed by atoms with van der Waals surface area (Å²) >= 11 is 0. The molecule has 12 heteroatoms. The lowest BCUT2D eigenvalue weighted by Crippen LogP contribution is -2.39. The van der Waals surface area contributed by atoms with Gasteiger partial charge in [-0.1, -0.05) is 152 Å². The molecule has 2 aliphatic rings. The highest BCUT2D eigenvalue weighted by Gasteiger charge is 2.40. The fourth-order valence-electron chi connectivity index (χ4n) is 11.6. The third-order valence-corrected chi connectivity index (χ3v) is 15.3. The monoisotopic (exact) mass is 1030 g/mol. The van der Waals surface area contributed by atoms with Crippen LogP contribution in [0.25, 0.3) is 64.6 Å². The number of hydrogen-bond acceptors (Lipinski definition) is 9. The van der Waals surface area contributed by atoms with Crippen LogP contribution in [0.4, 0.5) is 0 Å². The van der Waals surface area contributed by atoms with Crippen molar-refractivity contribution in [1.29, 1.82) is 0 Å². The average Bonchev–Trinajstić information content (AvgIpc) is 3.96. The van der Waals surface area contributed by atoms with E-state index in [1.807, 2.05) is 60.7 Å². The van der Waals surface area contributed by atoms with Crippen molar-refractivity contribution in [2.24, 2.45) is 0 Å². The summed E-state index contributed by atoms with van der Waals surface area (Å²) in [5.41, 5.74) is 5.80. The van der Waals surface area contributed by atoms with Crippen LogP contribution in [-0.2, 0) is 39.9 Å². The summed E-state index contributed by atoms with van der Waals surface area (Å²) in [4.78, 5) is 27.7. The summed E-state index contributed by atoms with van der Waals surface area (Å²) in [5, 5.41) is 42.1. The van der Waals surface area contributed by atoms with Gasteiger partial charge in [-0.3, -0.25) is 9.59 Å². The number of phenolic OH excluding ortho intramolecular Hbond substituents is 2. The standard InChI is InChI=1S/C66H59BN2O9/c1-40-34-52-47-16-5-3-12-45(47)38-56(61(52)70)65(72)68-26-10-28-74-30-32-76-33-31-75-29-11-27-69-66(73)57-39-46-13-4-6-17-48(46)53(62(57)71)35-41(2)37-55-50-19-8-7-18-49(50)54(36-40)63-64(55)78-67(77-63)58-25-23-44-21-20-42-14-9-15-43-22-24-51(58)60(44)59(42)43/h3-9,12-25,38-39,70-71H,1-2,10-11,26-37H2,(H,68,72)(H,69,73). The molecule has 0 atom stereocenters. The van der Waals surface area contributed by atoms with Gasteiger partial charge >= 0.3 is 7.12 Å². The minimum Gasteiger partial charge on any atom is -0.519 e. The molecule has 11 nitrogen and oxygen atoms in total. The second-order valence-corrected chi connectivity index (χ2v) is 20.4. The van der Waals surface area contributed by atoms with Gasteiger partial charge in [-0.15, -0.1) is 0 Å². The highest BCUT2D eigenvalue weighted by molar-refractivity contribution is 6.67. The summed E-state index contributed by atoms with van der Waals surface area (Å²) in [7, 11) is -0.823. The molecular weight excluding hydrogens is 976 g/mol. The van der Waals surface area contributed by atoms with Crippen molar-refractivity contribution in [3.8, 4) is 23.0 Å². The van der Waals surface area contributed by atoms with E-state index in [9.17, 15) is 19.8 Å². The van der Waals surface area contributed by atoms with Crippen LogP contribution in [0.15, 0.2) is 164 Å².